The van der Waals surface area contributed by atoms with Crippen LogP contribution in [0.1, 0.15) is 36.5 Å². The van der Waals surface area contributed by atoms with E-state index in [0.717, 1.165) is 30.5 Å². The highest BCUT2D eigenvalue weighted by Gasteiger charge is 2.26. The smallest absolute Gasteiger partial charge is 0.338 e. The Morgan fingerprint density at radius 2 is 1.71 bits per heavy atom. The first-order chi connectivity index (χ1) is 16.3. The van der Waals surface area contributed by atoms with E-state index in [0.29, 0.717) is 18.2 Å². The maximum absolute atomic E-state index is 12.8. The Bertz CT molecular complexity index is 1250. The molecule has 1 aromatic heterocycles. The summed E-state index contributed by atoms with van der Waals surface area (Å²) in [5, 5.41) is 4.90. The molecule has 0 saturated carbocycles. The van der Waals surface area contributed by atoms with Gasteiger partial charge in [0.15, 0.2) is 11.2 Å². The highest BCUT2D eigenvalue weighted by atomic mass is 32.2. The van der Waals surface area contributed by atoms with Gasteiger partial charge in [-0.25, -0.2) is 18.2 Å². The van der Waals surface area contributed by atoms with Crippen LogP contribution in [0.2, 0.25) is 0 Å². The molecule has 4 rings (SSSR count). The number of hydrogen-bond acceptors (Lipinski definition) is 7. The molecule has 1 fully saturated rings. The van der Waals surface area contributed by atoms with Crippen molar-refractivity contribution >= 4 is 38.4 Å². The summed E-state index contributed by atoms with van der Waals surface area (Å²) in [6, 6.07) is 15.2. The van der Waals surface area contributed by atoms with Gasteiger partial charge in [-0.05, 0) is 44.0 Å². The lowest BCUT2D eigenvalue weighted by Crippen LogP contribution is -2.35. The Kier molecular flexibility index (Phi) is 7.40. The Hall–Kier alpha value is -3.08. The van der Waals surface area contributed by atoms with E-state index >= 15 is 0 Å². The zero-order chi connectivity index (χ0) is 24.1. The number of thiazole rings is 1. The third-order valence-corrected chi connectivity index (χ3v) is 8.17. The molecule has 0 aliphatic carbocycles. The Labute approximate surface area is 202 Å². The lowest BCUT2D eigenvalue weighted by molar-refractivity contribution is -0.123. The van der Waals surface area contributed by atoms with Crippen molar-refractivity contribution in [3.05, 3.63) is 65.5 Å². The fraction of sp³-hybridized carbons (Fsp3) is 0.292. The first kappa shape index (κ1) is 24.1. The number of benzene rings is 2. The van der Waals surface area contributed by atoms with Gasteiger partial charge in [0.25, 0.3) is 5.91 Å². The third-order valence-electron chi connectivity index (χ3n) is 5.50. The molecule has 34 heavy (non-hydrogen) atoms. The normalized spacial score (nSPS) is 15.4. The van der Waals surface area contributed by atoms with Crippen LogP contribution in [-0.4, -0.2) is 48.8 Å². The highest BCUT2D eigenvalue weighted by molar-refractivity contribution is 7.89. The SMILES string of the molecule is C[C@@H](OC(=O)c1ccc(S(=O)(=O)N2CCCCC2)cc1)C(=O)Nc1nc(-c2ccccc2)cs1. The van der Waals surface area contributed by atoms with E-state index in [1.807, 2.05) is 35.7 Å². The fourth-order valence-electron chi connectivity index (χ4n) is 3.58. The summed E-state index contributed by atoms with van der Waals surface area (Å²) in [7, 11) is -3.58. The third kappa shape index (κ3) is 5.52. The van der Waals surface area contributed by atoms with Crippen molar-refractivity contribution in [1.29, 1.82) is 0 Å². The van der Waals surface area contributed by atoms with Crippen molar-refractivity contribution in [2.75, 3.05) is 18.4 Å². The second-order valence-corrected chi connectivity index (χ2v) is 10.7. The minimum atomic E-state index is -3.58. The summed E-state index contributed by atoms with van der Waals surface area (Å²) in [6.45, 7) is 2.48. The molecular formula is C24H25N3O5S2. The van der Waals surface area contributed by atoms with Crippen LogP contribution in [-0.2, 0) is 19.6 Å². The van der Waals surface area contributed by atoms with Gasteiger partial charge in [0.05, 0.1) is 16.2 Å². The first-order valence-corrected chi connectivity index (χ1v) is 13.3. The minimum absolute atomic E-state index is 0.134. The lowest BCUT2D eigenvalue weighted by atomic mass is 10.2. The largest absolute Gasteiger partial charge is 0.449 e. The molecule has 8 nitrogen and oxygen atoms in total. The molecule has 0 radical (unpaired) electrons. The molecule has 10 heteroatoms. The predicted octanol–water partition coefficient (Wildman–Crippen LogP) is 4.17. The number of anilines is 1. The molecule has 1 aliphatic heterocycles. The van der Waals surface area contributed by atoms with Crippen LogP contribution in [0.15, 0.2) is 64.9 Å². The van der Waals surface area contributed by atoms with Crippen LogP contribution in [0.5, 0.6) is 0 Å². The van der Waals surface area contributed by atoms with Gasteiger partial charge in [0, 0.05) is 24.0 Å². The standard InChI is InChI=1S/C24H25N3O5S2/c1-17(22(28)26-24-25-21(16-33-24)18-8-4-2-5-9-18)32-23(29)19-10-12-20(13-11-19)34(30,31)27-14-6-3-7-15-27/h2,4-5,8-13,16-17H,3,6-7,14-15H2,1H3,(H,25,26,28)/t17-/m1/s1. The van der Waals surface area contributed by atoms with Crippen molar-refractivity contribution in [2.45, 2.75) is 37.2 Å². The number of ether oxygens (including phenoxy) is 1. The van der Waals surface area contributed by atoms with Gasteiger partial charge in [0.2, 0.25) is 10.0 Å². The minimum Gasteiger partial charge on any atom is -0.449 e. The van der Waals surface area contributed by atoms with Gasteiger partial charge in [-0.15, -0.1) is 11.3 Å². The molecule has 0 unspecified atom stereocenters. The number of rotatable bonds is 7. The van der Waals surface area contributed by atoms with Crippen molar-refractivity contribution in [3.63, 3.8) is 0 Å². The maximum Gasteiger partial charge on any atom is 0.338 e. The Morgan fingerprint density at radius 1 is 1.03 bits per heavy atom. The Balaban J connectivity index is 1.35. The van der Waals surface area contributed by atoms with E-state index in [1.165, 1.54) is 46.8 Å². The van der Waals surface area contributed by atoms with Crippen molar-refractivity contribution in [1.82, 2.24) is 9.29 Å². The predicted molar refractivity (Wildman–Crippen MR) is 130 cm³/mol. The number of piperidine rings is 1. The number of aromatic nitrogens is 1. The number of nitrogens with one attached hydrogen (secondary N) is 1. The van der Waals surface area contributed by atoms with E-state index in [-0.39, 0.29) is 10.5 Å². The van der Waals surface area contributed by atoms with Crippen LogP contribution < -0.4 is 5.32 Å². The summed E-state index contributed by atoms with van der Waals surface area (Å²) in [4.78, 5) is 29.5. The average molecular weight is 500 g/mol. The fourth-order valence-corrected chi connectivity index (χ4v) is 5.82. The second kappa shape index (κ2) is 10.5. The second-order valence-electron chi connectivity index (χ2n) is 7.93. The molecular weight excluding hydrogens is 474 g/mol. The summed E-state index contributed by atoms with van der Waals surface area (Å²) in [5.41, 5.74) is 1.84. The monoisotopic (exact) mass is 499 g/mol. The first-order valence-electron chi connectivity index (χ1n) is 11.0. The van der Waals surface area contributed by atoms with E-state index in [4.69, 9.17) is 4.74 Å². The summed E-state index contributed by atoms with van der Waals surface area (Å²) >= 11 is 1.28. The molecule has 1 saturated heterocycles. The lowest BCUT2D eigenvalue weighted by Gasteiger charge is -2.25. The molecule has 3 aromatic rings. The van der Waals surface area contributed by atoms with Crippen LogP contribution in [0.3, 0.4) is 0 Å². The number of nitrogens with zero attached hydrogens (tertiary/aromatic N) is 2. The molecule has 2 heterocycles. The van der Waals surface area contributed by atoms with Crippen LogP contribution in [0.25, 0.3) is 11.3 Å². The van der Waals surface area contributed by atoms with Gasteiger partial charge in [-0.1, -0.05) is 36.8 Å². The van der Waals surface area contributed by atoms with Gasteiger partial charge in [-0.2, -0.15) is 4.31 Å². The van der Waals surface area contributed by atoms with E-state index < -0.39 is 28.0 Å². The van der Waals surface area contributed by atoms with Gasteiger partial charge in [-0.3, -0.25) is 10.1 Å². The summed E-state index contributed by atoms with van der Waals surface area (Å²) in [5.74, 6) is -1.22. The number of esters is 1. The Morgan fingerprint density at radius 3 is 2.38 bits per heavy atom. The zero-order valence-electron chi connectivity index (χ0n) is 18.6. The van der Waals surface area contributed by atoms with Gasteiger partial charge < -0.3 is 4.74 Å². The topological polar surface area (TPSA) is 106 Å². The molecule has 0 bridgehead atoms. The van der Waals surface area contributed by atoms with E-state index in [9.17, 15) is 18.0 Å². The van der Waals surface area contributed by atoms with E-state index in [2.05, 4.69) is 10.3 Å². The summed E-state index contributed by atoms with van der Waals surface area (Å²) in [6.07, 6.45) is 1.66. The highest BCUT2D eigenvalue weighted by Crippen LogP contribution is 2.25. The van der Waals surface area contributed by atoms with Crippen LogP contribution in [0.4, 0.5) is 5.13 Å². The van der Waals surface area contributed by atoms with Crippen molar-refractivity contribution in [3.8, 4) is 11.3 Å². The average Bonchev–Trinajstić information content (AvgIpc) is 3.33. The molecule has 1 aliphatic rings. The number of sulfonamides is 1. The molecule has 178 valence electrons. The van der Waals surface area contributed by atoms with Crippen molar-refractivity contribution in [2.24, 2.45) is 0 Å². The van der Waals surface area contributed by atoms with Gasteiger partial charge in [0.1, 0.15) is 0 Å². The molecule has 0 spiro atoms. The van der Waals surface area contributed by atoms with Crippen molar-refractivity contribution < 1.29 is 22.7 Å². The van der Waals surface area contributed by atoms with E-state index in [1.54, 1.807) is 0 Å². The quantitative estimate of drug-likeness (QED) is 0.489. The molecule has 1 N–H and O–H groups in total. The number of amides is 1. The zero-order valence-corrected chi connectivity index (χ0v) is 20.3. The summed E-state index contributed by atoms with van der Waals surface area (Å²) < 4.78 is 32.2. The number of carbonyl (C=O) groups is 2. The number of hydrogen-bond donors (Lipinski definition) is 1. The van der Waals surface area contributed by atoms with Gasteiger partial charge >= 0.3 is 5.97 Å². The number of carbonyl (C=O) groups excluding carboxylic acids is 2. The van der Waals surface area contributed by atoms with Crippen LogP contribution >= 0.6 is 11.3 Å². The molecule has 1 atom stereocenters. The van der Waals surface area contributed by atoms with Crippen LogP contribution in [0, 0.1) is 0 Å². The molecule has 1 amide bonds. The maximum atomic E-state index is 12.8. The molecule has 2 aromatic carbocycles.